The summed E-state index contributed by atoms with van der Waals surface area (Å²) in [5.74, 6) is -9.59. The fourth-order valence-corrected chi connectivity index (χ4v) is 7.37. The highest BCUT2D eigenvalue weighted by molar-refractivity contribution is 7.27. The quantitative estimate of drug-likeness (QED) is 0.0714. The number of hydrogen-bond acceptors (Lipinski definition) is 13. The van der Waals surface area contributed by atoms with Crippen LogP contribution in [0.3, 0.4) is 0 Å². The Balaban J connectivity index is 1.57. The fraction of sp³-hybridized carbons (Fsp3) is 0.0323. The Morgan fingerprint density at radius 2 is 1.07 bits per heavy atom. The van der Waals surface area contributed by atoms with Crippen LogP contribution in [0.15, 0.2) is 30.3 Å². The van der Waals surface area contributed by atoms with Crippen LogP contribution < -0.4 is 5.46 Å². The summed E-state index contributed by atoms with van der Waals surface area (Å²) in [6, 6.07) is 6.47. The van der Waals surface area contributed by atoms with Gasteiger partial charge in [0.25, 0.3) is 0 Å². The largest absolute Gasteiger partial charge is 0.506 e. The third-order valence-electron chi connectivity index (χ3n) is 8.12. The molecule has 230 valence electrons. The smallest absolute Gasteiger partial charge is 0.205 e. The molecule has 15 heteroatoms. The van der Waals surface area contributed by atoms with E-state index in [1.165, 1.54) is 22.8 Å². The zero-order valence-electron chi connectivity index (χ0n) is 23.2. The molecule has 0 aliphatic carbocycles. The molecule has 7 aromatic rings. The first-order valence-corrected chi connectivity index (χ1v) is 14.0. The van der Waals surface area contributed by atoms with Crippen molar-refractivity contribution in [2.24, 2.45) is 0 Å². The number of aromatic hydroxyl groups is 12. The molecule has 7 rings (SSSR count). The molecule has 46 heavy (non-hydrogen) atoms. The molecule has 0 saturated heterocycles. The summed E-state index contributed by atoms with van der Waals surface area (Å²) in [7, 11) is 6.26. The van der Waals surface area contributed by atoms with Gasteiger partial charge < -0.3 is 65.8 Å². The van der Waals surface area contributed by atoms with Crippen LogP contribution in [0.25, 0.3) is 58.8 Å². The van der Waals surface area contributed by atoms with Crippen LogP contribution in [0.2, 0.25) is 0 Å². The Morgan fingerprint density at radius 3 is 1.70 bits per heavy atom. The summed E-state index contributed by atoms with van der Waals surface area (Å²) in [6.07, 6.45) is 0. The first-order chi connectivity index (χ1) is 21.7. The van der Waals surface area contributed by atoms with E-state index in [2.05, 4.69) is 0 Å². The van der Waals surface area contributed by atoms with Crippen LogP contribution in [0.4, 0.5) is 0 Å². The minimum absolute atomic E-state index is 0.0464. The van der Waals surface area contributed by atoms with Crippen LogP contribution >= 0.6 is 11.3 Å². The van der Waals surface area contributed by atoms with Crippen molar-refractivity contribution in [1.82, 2.24) is 4.57 Å². The van der Waals surface area contributed by atoms with Crippen LogP contribution in [0.1, 0.15) is 5.56 Å². The maximum Gasteiger partial charge on any atom is 0.205 e. The van der Waals surface area contributed by atoms with E-state index in [1.54, 1.807) is 6.92 Å². The fourth-order valence-electron chi connectivity index (χ4n) is 6.06. The van der Waals surface area contributed by atoms with Crippen LogP contribution in [-0.4, -0.2) is 73.7 Å². The average molecular weight is 641 g/mol. The second-order valence-corrected chi connectivity index (χ2v) is 11.7. The van der Waals surface area contributed by atoms with Gasteiger partial charge in [0.1, 0.15) is 19.1 Å². The maximum absolute atomic E-state index is 11.0. The summed E-state index contributed by atoms with van der Waals surface area (Å²) in [4.78, 5) is 0. The highest BCUT2D eigenvalue weighted by Crippen LogP contribution is 2.60. The number of hydrogen-bond donors (Lipinski definition) is 12. The van der Waals surface area contributed by atoms with E-state index in [4.69, 9.17) is 7.85 Å². The third kappa shape index (κ3) is 3.39. The lowest BCUT2D eigenvalue weighted by atomic mass is 9.92. The van der Waals surface area contributed by atoms with Crippen molar-refractivity contribution in [3.63, 3.8) is 0 Å². The van der Waals surface area contributed by atoms with Crippen molar-refractivity contribution < 1.29 is 61.3 Å². The summed E-state index contributed by atoms with van der Waals surface area (Å²) < 4.78 is 1.27. The Bertz CT molecular complexity index is 2460. The molecule has 2 aromatic heterocycles. The molecule has 2 radical (unpaired) electrons. The van der Waals surface area contributed by atoms with E-state index < -0.39 is 69.0 Å². The predicted molar refractivity (Wildman–Crippen MR) is 169 cm³/mol. The Kier molecular flexibility index (Phi) is 5.68. The number of thiophene rings is 1. The second-order valence-electron chi connectivity index (χ2n) is 10.7. The minimum Gasteiger partial charge on any atom is -0.506 e. The molecule has 5 aromatic carbocycles. The number of aromatic nitrogens is 1. The lowest BCUT2D eigenvalue weighted by Crippen LogP contribution is -2.09. The summed E-state index contributed by atoms with van der Waals surface area (Å²) in [6.45, 7) is 1.62. The van der Waals surface area contributed by atoms with Gasteiger partial charge in [-0.3, -0.25) is 0 Å². The van der Waals surface area contributed by atoms with Gasteiger partial charge in [-0.25, -0.2) is 0 Å². The number of aryl methyl sites for hydroxylation is 1. The average Bonchev–Trinajstić information content (AvgIpc) is 3.58. The van der Waals surface area contributed by atoms with Gasteiger partial charge in [0.05, 0.1) is 36.5 Å². The molecular weight excluding hydrogens is 621 g/mol. The molecule has 2 heterocycles. The van der Waals surface area contributed by atoms with Crippen molar-refractivity contribution in [3.8, 4) is 85.8 Å². The summed E-state index contributed by atoms with van der Waals surface area (Å²) in [5, 5.41) is 126. The van der Waals surface area contributed by atoms with Gasteiger partial charge in [-0.05, 0) is 36.2 Å². The lowest BCUT2D eigenvalue weighted by molar-refractivity contribution is 0.351. The van der Waals surface area contributed by atoms with E-state index in [0.717, 1.165) is 23.5 Å². The molecule has 13 nitrogen and oxygen atoms in total. The molecule has 0 spiro atoms. The van der Waals surface area contributed by atoms with E-state index in [0.29, 0.717) is 11.3 Å². The molecule has 0 bridgehead atoms. The van der Waals surface area contributed by atoms with Crippen molar-refractivity contribution >= 4 is 66.6 Å². The van der Waals surface area contributed by atoms with Gasteiger partial charge in [-0.2, -0.15) is 0 Å². The summed E-state index contributed by atoms with van der Waals surface area (Å²) >= 11 is 0.735. The number of nitrogens with zero attached hydrogens (tertiary/aromatic N) is 1. The minimum atomic E-state index is -1.06. The second kappa shape index (κ2) is 9.15. The number of rotatable bonds is 2. The first-order valence-electron chi connectivity index (χ1n) is 13.2. The van der Waals surface area contributed by atoms with Crippen LogP contribution in [0.5, 0.6) is 69.0 Å². The van der Waals surface area contributed by atoms with Gasteiger partial charge in [0.15, 0.2) is 46.0 Å². The monoisotopic (exact) mass is 641 g/mol. The number of benzene rings is 5. The van der Waals surface area contributed by atoms with Crippen molar-refractivity contribution in [2.45, 2.75) is 6.92 Å². The highest BCUT2D eigenvalue weighted by atomic mass is 32.1. The van der Waals surface area contributed by atoms with Gasteiger partial charge in [-0.1, -0.05) is 11.5 Å². The Labute approximate surface area is 260 Å². The normalized spacial score (nSPS) is 11.8. The van der Waals surface area contributed by atoms with Gasteiger partial charge in [0, 0.05) is 17.3 Å². The molecule has 0 unspecified atom stereocenters. The van der Waals surface area contributed by atoms with E-state index in [1.807, 2.05) is 0 Å². The summed E-state index contributed by atoms with van der Waals surface area (Å²) in [5.41, 5.74) is 0.794. The molecule has 12 N–H and O–H groups in total. The number of phenols is 12. The molecule has 0 aliphatic heterocycles. The predicted octanol–water partition coefficient (Wildman–Crippen LogP) is 4.39. The zero-order valence-corrected chi connectivity index (χ0v) is 24.0. The topological polar surface area (TPSA) is 248 Å². The highest BCUT2D eigenvalue weighted by Gasteiger charge is 2.30. The van der Waals surface area contributed by atoms with Crippen molar-refractivity contribution in [1.29, 1.82) is 0 Å². The molecule has 0 atom stereocenters. The van der Waals surface area contributed by atoms with Gasteiger partial charge >= 0.3 is 0 Å². The van der Waals surface area contributed by atoms with Crippen LogP contribution in [-0.2, 0) is 0 Å². The van der Waals surface area contributed by atoms with Crippen molar-refractivity contribution in [2.75, 3.05) is 0 Å². The lowest BCUT2D eigenvalue weighted by Gasteiger charge is -2.16. The number of phenolic OH excluding ortho intramolecular Hbond substituents is 12. The third-order valence-corrected chi connectivity index (χ3v) is 9.33. The van der Waals surface area contributed by atoms with E-state index >= 15 is 0 Å². The Morgan fingerprint density at radius 1 is 0.522 bits per heavy atom. The van der Waals surface area contributed by atoms with Crippen molar-refractivity contribution in [3.05, 3.63) is 35.9 Å². The molecule has 0 amide bonds. The first kappa shape index (κ1) is 28.5. The van der Waals surface area contributed by atoms with Crippen LogP contribution in [0, 0.1) is 6.92 Å². The van der Waals surface area contributed by atoms with Gasteiger partial charge in [-0.15, -0.1) is 11.3 Å². The molecule has 0 aliphatic rings. The van der Waals surface area contributed by atoms with E-state index in [-0.39, 0.29) is 58.6 Å². The SMILES string of the molecule is [B]c1cc(O)c(O)c2c3c(O)c(O)cc(O)c3n(-c3ccc(-c4c(O)c(O)c(O)c5c4sc4c(O)c(O)c(O)c(O)c45)cc3C)c12. The standard InChI is InChI=1S/C31H20BNO12S/c1-7-4-8(14-23(39)26(42)24(40)17-18-25(41)27(43)28(44)29(45)31(18)46-30(14)17)2-3-10(7)33-19-9(32)5-12(35)21(37)15(19)16-20(33)11(34)6-13(36)22(16)38/h2-6,34-45H,1H3. The molecule has 0 fully saturated rings. The van der Waals surface area contributed by atoms with Gasteiger partial charge in [0.2, 0.25) is 17.2 Å². The zero-order chi connectivity index (χ0) is 33.3. The number of fused-ring (bicyclic) bond motifs is 6. The molecule has 0 saturated carbocycles. The Hall–Kier alpha value is -6.22. The maximum atomic E-state index is 11.0. The molecular formula is C31H20BNO12S. The van der Waals surface area contributed by atoms with E-state index in [9.17, 15) is 61.3 Å².